The summed E-state index contributed by atoms with van der Waals surface area (Å²) < 4.78 is 0. The van der Waals surface area contributed by atoms with Crippen molar-refractivity contribution in [2.24, 2.45) is 5.73 Å². The Morgan fingerprint density at radius 2 is 2.16 bits per heavy atom. The van der Waals surface area contributed by atoms with Gasteiger partial charge in [-0.1, -0.05) is 12.1 Å². The van der Waals surface area contributed by atoms with Crippen LogP contribution in [0.2, 0.25) is 0 Å². The van der Waals surface area contributed by atoms with Crippen LogP contribution in [0, 0.1) is 17.0 Å². The standard InChI is InChI=1S/C13H19N3O3/c1-10-11(5-4-6-12(10)16(18)19)9-15-13(17)7-2-3-8-14/h4-6H,2-3,7-9,14H2,1H3,(H,15,17). The zero-order valence-electron chi connectivity index (χ0n) is 11.0. The first-order valence-corrected chi connectivity index (χ1v) is 6.26. The smallest absolute Gasteiger partial charge is 0.272 e. The molecular formula is C13H19N3O3. The van der Waals surface area contributed by atoms with E-state index < -0.39 is 4.92 Å². The van der Waals surface area contributed by atoms with E-state index in [1.165, 1.54) is 6.07 Å². The Bertz CT molecular complexity index is 460. The van der Waals surface area contributed by atoms with E-state index in [1.807, 2.05) is 0 Å². The van der Waals surface area contributed by atoms with E-state index in [2.05, 4.69) is 5.32 Å². The molecule has 1 rings (SSSR count). The first kappa shape index (κ1) is 15.1. The summed E-state index contributed by atoms with van der Waals surface area (Å²) in [5.74, 6) is -0.0562. The van der Waals surface area contributed by atoms with E-state index in [9.17, 15) is 14.9 Å². The second-order valence-corrected chi connectivity index (χ2v) is 4.34. The van der Waals surface area contributed by atoms with Crippen molar-refractivity contribution in [3.63, 3.8) is 0 Å². The number of carbonyl (C=O) groups excluding carboxylic acids is 1. The first-order chi connectivity index (χ1) is 9.06. The van der Waals surface area contributed by atoms with E-state index in [-0.39, 0.29) is 11.6 Å². The topological polar surface area (TPSA) is 98.3 Å². The average Bonchev–Trinajstić information content (AvgIpc) is 2.37. The molecule has 0 fully saturated rings. The van der Waals surface area contributed by atoms with E-state index in [0.29, 0.717) is 25.1 Å². The van der Waals surface area contributed by atoms with Crippen LogP contribution in [0.4, 0.5) is 5.69 Å². The molecule has 1 aromatic rings. The van der Waals surface area contributed by atoms with Crippen LogP contribution in [0.25, 0.3) is 0 Å². The number of benzene rings is 1. The number of amides is 1. The summed E-state index contributed by atoms with van der Waals surface area (Å²) in [5, 5.41) is 13.6. The monoisotopic (exact) mass is 265 g/mol. The van der Waals surface area contributed by atoms with Crippen LogP contribution in [0.5, 0.6) is 0 Å². The summed E-state index contributed by atoms with van der Waals surface area (Å²) >= 11 is 0. The van der Waals surface area contributed by atoms with Crippen LogP contribution in [-0.2, 0) is 11.3 Å². The molecule has 0 bridgehead atoms. The normalized spacial score (nSPS) is 10.2. The zero-order valence-corrected chi connectivity index (χ0v) is 11.0. The molecule has 0 radical (unpaired) electrons. The number of nitro groups is 1. The van der Waals surface area contributed by atoms with Crippen LogP contribution >= 0.6 is 0 Å². The lowest BCUT2D eigenvalue weighted by Crippen LogP contribution is -2.23. The summed E-state index contributed by atoms with van der Waals surface area (Å²) in [6.07, 6.45) is 2.02. The predicted octanol–water partition coefficient (Wildman–Crippen LogP) is 1.65. The first-order valence-electron chi connectivity index (χ1n) is 6.26. The third kappa shape index (κ3) is 4.67. The van der Waals surface area contributed by atoms with Crippen molar-refractivity contribution >= 4 is 11.6 Å². The minimum atomic E-state index is -0.415. The van der Waals surface area contributed by atoms with Gasteiger partial charge in [0.15, 0.2) is 0 Å². The van der Waals surface area contributed by atoms with Gasteiger partial charge in [0.2, 0.25) is 5.91 Å². The van der Waals surface area contributed by atoms with Gasteiger partial charge in [-0.15, -0.1) is 0 Å². The summed E-state index contributed by atoms with van der Waals surface area (Å²) in [6.45, 7) is 2.58. The van der Waals surface area contributed by atoms with Gasteiger partial charge in [-0.05, 0) is 31.9 Å². The van der Waals surface area contributed by atoms with Gasteiger partial charge in [0.1, 0.15) is 0 Å². The largest absolute Gasteiger partial charge is 0.352 e. The van der Waals surface area contributed by atoms with Crippen LogP contribution in [0.15, 0.2) is 18.2 Å². The Balaban J connectivity index is 2.56. The van der Waals surface area contributed by atoms with Crippen molar-refractivity contribution in [1.29, 1.82) is 0 Å². The van der Waals surface area contributed by atoms with Crippen molar-refractivity contribution in [3.8, 4) is 0 Å². The van der Waals surface area contributed by atoms with Gasteiger partial charge in [0.05, 0.1) is 4.92 Å². The van der Waals surface area contributed by atoms with Crippen LogP contribution in [0.3, 0.4) is 0 Å². The number of nitro benzene ring substituents is 1. The maximum absolute atomic E-state index is 11.5. The highest BCUT2D eigenvalue weighted by Crippen LogP contribution is 2.20. The van der Waals surface area contributed by atoms with Crippen molar-refractivity contribution in [2.45, 2.75) is 32.7 Å². The van der Waals surface area contributed by atoms with Crippen LogP contribution < -0.4 is 11.1 Å². The van der Waals surface area contributed by atoms with Gasteiger partial charge < -0.3 is 11.1 Å². The van der Waals surface area contributed by atoms with E-state index in [4.69, 9.17) is 5.73 Å². The Kier molecular flexibility index (Phi) is 5.95. The molecule has 6 heteroatoms. The molecule has 0 unspecified atom stereocenters. The number of unbranched alkanes of at least 4 members (excludes halogenated alkanes) is 1. The number of nitrogens with two attached hydrogens (primary N) is 1. The van der Waals surface area contributed by atoms with Gasteiger partial charge in [0.25, 0.3) is 5.69 Å². The van der Waals surface area contributed by atoms with Gasteiger partial charge >= 0.3 is 0 Å². The van der Waals surface area contributed by atoms with Gasteiger partial charge in [-0.3, -0.25) is 14.9 Å². The Labute approximate surface area is 112 Å². The lowest BCUT2D eigenvalue weighted by atomic mass is 10.1. The molecule has 0 heterocycles. The molecule has 0 atom stereocenters. The number of hydrogen-bond acceptors (Lipinski definition) is 4. The van der Waals surface area contributed by atoms with Crippen molar-refractivity contribution < 1.29 is 9.72 Å². The summed E-state index contributed by atoms with van der Waals surface area (Å²) in [7, 11) is 0. The quantitative estimate of drug-likeness (QED) is 0.445. The second kappa shape index (κ2) is 7.48. The second-order valence-electron chi connectivity index (χ2n) is 4.34. The lowest BCUT2D eigenvalue weighted by Gasteiger charge is -2.08. The summed E-state index contributed by atoms with van der Waals surface area (Å²) in [5.41, 5.74) is 6.79. The highest BCUT2D eigenvalue weighted by Gasteiger charge is 2.13. The summed E-state index contributed by atoms with van der Waals surface area (Å²) in [6, 6.07) is 4.87. The van der Waals surface area contributed by atoms with Crippen LogP contribution in [-0.4, -0.2) is 17.4 Å². The molecule has 0 aliphatic rings. The van der Waals surface area contributed by atoms with Gasteiger partial charge in [-0.2, -0.15) is 0 Å². The average molecular weight is 265 g/mol. The summed E-state index contributed by atoms with van der Waals surface area (Å²) in [4.78, 5) is 21.9. The molecule has 0 aliphatic heterocycles. The molecule has 1 aromatic carbocycles. The van der Waals surface area contributed by atoms with E-state index in [1.54, 1.807) is 19.1 Å². The molecule has 0 saturated carbocycles. The number of carbonyl (C=O) groups is 1. The molecule has 0 aliphatic carbocycles. The molecular weight excluding hydrogens is 246 g/mol. The molecule has 6 nitrogen and oxygen atoms in total. The van der Waals surface area contributed by atoms with Crippen molar-refractivity contribution in [3.05, 3.63) is 39.4 Å². The molecule has 0 aromatic heterocycles. The Morgan fingerprint density at radius 3 is 2.79 bits per heavy atom. The third-order valence-corrected chi connectivity index (χ3v) is 2.95. The molecule has 0 saturated heterocycles. The third-order valence-electron chi connectivity index (χ3n) is 2.95. The SMILES string of the molecule is Cc1c(CNC(=O)CCCCN)cccc1[N+](=O)[O-]. The predicted molar refractivity (Wildman–Crippen MR) is 72.6 cm³/mol. The molecule has 1 amide bonds. The number of nitrogens with zero attached hydrogens (tertiary/aromatic N) is 1. The zero-order chi connectivity index (χ0) is 14.3. The Hall–Kier alpha value is -1.95. The highest BCUT2D eigenvalue weighted by molar-refractivity contribution is 5.75. The van der Waals surface area contributed by atoms with E-state index in [0.717, 1.165) is 18.4 Å². The van der Waals surface area contributed by atoms with Gasteiger partial charge in [0, 0.05) is 24.6 Å². The number of hydrogen-bond donors (Lipinski definition) is 2. The lowest BCUT2D eigenvalue weighted by molar-refractivity contribution is -0.385. The molecule has 104 valence electrons. The maximum Gasteiger partial charge on any atom is 0.272 e. The van der Waals surface area contributed by atoms with Crippen molar-refractivity contribution in [2.75, 3.05) is 6.54 Å². The van der Waals surface area contributed by atoms with Crippen molar-refractivity contribution in [1.82, 2.24) is 5.32 Å². The molecule has 0 spiro atoms. The fourth-order valence-electron chi connectivity index (χ4n) is 1.77. The highest BCUT2D eigenvalue weighted by atomic mass is 16.6. The maximum atomic E-state index is 11.5. The minimum Gasteiger partial charge on any atom is -0.352 e. The van der Waals surface area contributed by atoms with E-state index >= 15 is 0 Å². The molecule has 3 N–H and O–H groups in total. The van der Waals surface area contributed by atoms with Crippen LogP contribution in [0.1, 0.15) is 30.4 Å². The minimum absolute atomic E-state index is 0.0562. The fourth-order valence-corrected chi connectivity index (χ4v) is 1.77. The number of nitrogens with one attached hydrogen (secondary N) is 1. The fraction of sp³-hybridized carbons (Fsp3) is 0.462. The number of rotatable bonds is 7. The van der Waals surface area contributed by atoms with Gasteiger partial charge in [-0.25, -0.2) is 0 Å². The molecule has 19 heavy (non-hydrogen) atoms. The Morgan fingerprint density at radius 1 is 1.42 bits per heavy atom.